The summed E-state index contributed by atoms with van der Waals surface area (Å²) in [7, 11) is 0. The van der Waals surface area contributed by atoms with Crippen molar-refractivity contribution in [2.45, 2.75) is 94.9 Å². The van der Waals surface area contributed by atoms with Crippen molar-refractivity contribution in [1.82, 2.24) is 0 Å². The summed E-state index contributed by atoms with van der Waals surface area (Å²) in [6.07, 6.45) is 5.81. The Morgan fingerprint density at radius 3 is 2.63 bits per heavy atom. The lowest BCUT2D eigenvalue weighted by Gasteiger charge is -2.41. The minimum absolute atomic E-state index is 0.0212. The molecule has 5 aliphatic heterocycles. The number of aliphatic hydroxyl groups excluding tert-OH is 1. The topological polar surface area (TPSA) is 129 Å². The molecule has 0 aromatic carbocycles. The number of Topliss-reactive ketones (excluding diaryl/α,β-unsaturated/α-hetero) is 1. The van der Waals surface area contributed by atoms with Crippen molar-refractivity contribution in [2.24, 2.45) is 35.0 Å². The van der Waals surface area contributed by atoms with Crippen LogP contribution in [0.2, 0.25) is 0 Å². The number of fused-ring (bicyclic) bond motifs is 3. The maximum Gasteiger partial charge on any atom is 0.339 e. The number of cyclic esters (lactones) is 1. The highest BCUT2D eigenvalue weighted by molar-refractivity contribution is 5.93. The molecule has 9 heteroatoms. The normalized spacial score (nSPS) is 54.3. The van der Waals surface area contributed by atoms with Gasteiger partial charge in [-0.05, 0) is 68.9 Å². The highest BCUT2D eigenvalue weighted by atomic mass is 16.7. The Hall–Kier alpha value is -2.07. The van der Waals surface area contributed by atoms with Gasteiger partial charge >= 0.3 is 11.9 Å². The fourth-order valence-electron chi connectivity index (χ4n) is 9.71. The summed E-state index contributed by atoms with van der Waals surface area (Å²) in [5.74, 6) is -3.63. The Labute approximate surface area is 221 Å². The van der Waals surface area contributed by atoms with E-state index in [1.807, 2.05) is 19.9 Å². The van der Waals surface area contributed by atoms with Gasteiger partial charge in [0.15, 0.2) is 5.78 Å². The summed E-state index contributed by atoms with van der Waals surface area (Å²) < 4.78 is 24.3. The fraction of sp³-hybridized carbons (Fsp3) is 0.759. The quantitative estimate of drug-likeness (QED) is 0.530. The predicted molar refractivity (Wildman–Crippen MR) is 130 cm³/mol. The van der Waals surface area contributed by atoms with Crippen molar-refractivity contribution in [3.05, 3.63) is 23.5 Å². The summed E-state index contributed by atoms with van der Waals surface area (Å²) in [6.45, 7) is 7.50. The molecule has 0 amide bonds. The number of ether oxygens (including phenoxy) is 4. The van der Waals surface area contributed by atoms with E-state index < -0.39 is 34.6 Å². The van der Waals surface area contributed by atoms with E-state index in [0.717, 1.165) is 6.42 Å². The molecular weight excluding hydrogens is 492 g/mol. The zero-order chi connectivity index (χ0) is 27.0. The lowest BCUT2D eigenvalue weighted by Crippen LogP contribution is -2.52. The fourth-order valence-corrected chi connectivity index (χ4v) is 9.71. The van der Waals surface area contributed by atoms with Gasteiger partial charge in [0, 0.05) is 23.8 Å². The third-order valence-electron chi connectivity index (χ3n) is 11.4. The van der Waals surface area contributed by atoms with Gasteiger partial charge in [-0.2, -0.15) is 0 Å². The van der Waals surface area contributed by atoms with Crippen LogP contribution in [0.1, 0.15) is 66.2 Å². The van der Waals surface area contributed by atoms with Crippen LogP contribution in [0.25, 0.3) is 0 Å². The molecule has 0 radical (unpaired) electrons. The largest absolute Gasteiger partial charge is 0.456 e. The van der Waals surface area contributed by atoms with Crippen LogP contribution < -0.4 is 0 Å². The van der Waals surface area contributed by atoms with E-state index in [9.17, 15) is 24.6 Å². The van der Waals surface area contributed by atoms with Crippen molar-refractivity contribution in [3.8, 4) is 0 Å². The molecule has 0 aromatic heterocycles. The Kier molecular flexibility index (Phi) is 4.83. The van der Waals surface area contributed by atoms with Crippen molar-refractivity contribution >= 4 is 17.7 Å². The predicted octanol–water partition coefficient (Wildman–Crippen LogP) is 2.33. The third kappa shape index (κ3) is 2.89. The first-order valence-electron chi connectivity index (χ1n) is 13.9. The molecule has 2 saturated carbocycles. The van der Waals surface area contributed by atoms with Gasteiger partial charge in [0.2, 0.25) is 5.79 Å². The number of hydrogen-bond acceptors (Lipinski definition) is 9. The molecule has 0 aromatic rings. The van der Waals surface area contributed by atoms with Crippen molar-refractivity contribution in [2.75, 3.05) is 6.61 Å². The maximum atomic E-state index is 14.1. The number of carbonyl (C=O) groups is 3. The highest BCUT2D eigenvalue weighted by Gasteiger charge is 2.82. The van der Waals surface area contributed by atoms with Gasteiger partial charge in [0.1, 0.15) is 17.5 Å². The third-order valence-corrected chi connectivity index (χ3v) is 11.4. The molecule has 11 atom stereocenters. The van der Waals surface area contributed by atoms with Gasteiger partial charge in [-0.15, -0.1) is 0 Å². The van der Waals surface area contributed by atoms with Crippen molar-refractivity contribution in [1.29, 1.82) is 0 Å². The zero-order valence-corrected chi connectivity index (χ0v) is 22.3. The molecule has 4 saturated heterocycles. The minimum Gasteiger partial charge on any atom is -0.456 e. The molecule has 6 fully saturated rings. The molecule has 0 unspecified atom stereocenters. The van der Waals surface area contributed by atoms with Gasteiger partial charge in [0.05, 0.1) is 30.1 Å². The van der Waals surface area contributed by atoms with E-state index in [1.165, 1.54) is 0 Å². The van der Waals surface area contributed by atoms with Gasteiger partial charge in [-0.1, -0.05) is 13.8 Å². The summed E-state index contributed by atoms with van der Waals surface area (Å²) in [5.41, 5.74) is -2.61. The molecular formula is C29H36O9. The van der Waals surface area contributed by atoms with Gasteiger partial charge in [-0.3, -0.25) is 9.59 Å². The van der Waals surface area contributed by atoms with Crippen LogP contribution in [0, 0.1) is 35.0 Å². The maximum absolute atomic E-state index is 14.1. The molecule has 206 valence electrons. The molecule has 2 spiro atoms. The summed E-state index contributed by atoms with van der Waals surface area (Å²) >= 11 is 0. The molecule has 38 heavy (non-hydrogen) atoms. The number of aliphatic hydroxyl groups is 2. The first kappa shape index (κ1) is 24.9. The second-order valence-corrected chi connectivity index (χ2v) is 13.5. The van der Waals surface area contributed by atoms with Crippen LogP contribution in [-0.4, -0.2) is 63.2 Å². The number of allylic oxidation sites excluding steroid dienone is 2. The lowest BCUT2D eigenvalue weighted by atomic mass is 9.69. The molecule has 7 rings (SSSR count). The number of carbonyl (C=O) groups excluding carboxylic acids is 3. The highest BCUT2D eigenvalue weighted by Crippen LogP contribution is 2.75. The molecule has 2 aliphatic carbocycles. The Morgan fingerprint density at radius 1 is 1.18 bits per heavy atom. The average Bonchev–Trinajstić information content (AvgIpc) is 3.06. The Morgan fingerprint density at radius 2 is 1.95 bits per heavy atom. The van der Waals surface area contributed by atoms with Crippen LogP contribution in [0.3, 0.4) is 0 Å². The number of ketones is 1. The first-order chi connectivity index (χ1) is 17.8. The SMILES string of the molecule is CC1=C/C(=C\[C@H](C)[C@H]2[C@@H]3[C@@]2(C)CC[C@@]24C[C@@]56OC(=O)C[C@@H]5O[C@](C)(CO)[C@H]6CC[C@@H]2C(=O)[C@]3(O)O4)OC1=O. The van der Waals surface area contributed by atoms with Crippen LogP contribution in [-0.2, 0) is 33.3 Å². The molecule has 7 aliphatic rings. The van der Waals surface area contributed by atoms with E-state index in [0.29, 0.717) is 30.6 Å². The van der Waals surface area contributed by atoms with Crippen LogP contribution >= 0.6 is 0 Å². The minimum atomic E-state index is -1.92. The Bertz CT molecular complexity index is 1220. The van der Waals surface area contributed by atoms with E-state index in [-0.39, 0.29) is 66.3 Å². The van der Waals surface area contributed by atoms with Gasteiger partial charge in [0.25, 0.3) is 0 Å². The molecule has 9 nitrogen and oxygen atoms in total. The van der Waals surface area contributed by atoms with Gasteiger partial charge in [-0.25, -0.2) is 4.79 Å². The number of esters is 2. The van der Waals surface area contributed by atoms with Crippen molar-refractivity contribution < 1.29 is 43.5 Å². The van der Waals surface area contributed by atoms with Crippen molar-refractivity contribution in [3.63, 3.8) is 0 Å². The molecule has 2 N–H and O–H groups in total. The second-order valence-electron chi connectivity index (χ2n) is 13.5. The van der Waals surface area contributed by atoms with E-state index in [4.69, 9.17) is 18.9 Å². The number of rotatable bonds is 3. The standard InChI is InChI=1S/C29H36O9/c1-14(9-16-10-15(2)24(33)35-16)21-22-25(21,3)7-8-27-12-28-18(6-5-17(27)23(32)29(22,34)38-27)26(4,13-30)36-19(28)11-20(31)37-28/h9-10,14,17-19,21-22,30,34H,5-8,11-13H2,1-4H3/b16-9+/t14-,17+,18+,19-,21-,22+,25-,26+,27+,28-,29+/m0/s1. The average molecular weight is 529 g/mol. The van der Waals surface area contributed by atoms with Gasteiger partial charge < -0.3 is 29.2 Å². The summed E-state index contributed by atoms with van der Waals surface area (Å²) in [4.78, 5) is 38.4. The van der Waals surface area contributed by atoms with Crippen LogP contribution in [0.15, 0.2) is 23.5 Å². The summed E-state index contributed by atoms with van der Waals surface area (Å²) in [5, 5.41) is 22.3. The first-order valence-corrected chi connectivity index (χ1v) is 13.9. The molecule has 5 heterocycles. The smallest absolute Gasteiger partial charge is 0.339 e. The number of hydrogen-bond donors (Lipinski definition) is 2. The van der Waals surface area contributed by atoms with Crippen LogP contribution in [0.4, 0.5) is 0 Å². The van der Waals surface area contributed by atoms with E-state index in [1.54, 1.807) is 13.0 Å². The molecule has 2 bridgehead atoms. The second kappa shape index (κ2) is 7.36. The van der Waals surface area contributed by atoms with E-state index >= 15 is 0 Å². The Balaban J connectivity index is 1.23. The lowest BCUT2D eigenvalue weighted by molar-refractivity contribution is -0.243. The van der Waals surface area contributed by atoms with E-state index in [2.05, 4.69) is 6.92 Å². The summed E-state index contributed by atoms with van der Waals surface area (Å²) in [6, 6.07) is 0. The zero-order valence-electron chi connectivity index (χ0n) is 22.3. The monoisotopic (exact) mass is 528 g/mol. The van der Waals surface area contributed by atoms with Crippen LogP contribution in [0.5, 0.6) is 0 Å².